The lowest BCUT2D eigenvalue weighted by molar-refractivity contribution is -0.133. The van der Waals surface area contributed by atoms with Crippen LogP contribution in [0.3, 0.4) is 0 Å². The third-order valence-electron chi connectivity index (χ3n) is 3.61. The molecule has 2 rings (SSSR count). The summed E-state index contributed by atoms with van der Waals surface area (Å²) in [5.41, 5.74) is 1.58. The van der Waals surface area contributed by atoms with Gasteiger partial charge in [0, 0.05) is 17.4 Å². The van der Waals surface area contributed by atoms with Crippen LogP contribution >= 0.6 is 11.8 Å². The maximum atomic E-state index is 12.2. The average Bonchev–Trinajstić information content (AvgIpc) is 2.47. The Morgan fingerprint density at radius 2 is 1.96 bits per heavy atom. The summed E-state index contributed by atoms with van der Waals surface area (Å²) in [4.78, 5) is 22.7. The number of nitrogens with one attached hydrogen (secondary N) is 1. The van der Waals surface area contributed by atoms with Gasteiger partial charge in [0.15, 0.2) is 0 Å². The second-order valence-electron chi connectivity index (χ2n) is 5.50. The van der Waals surface area contributed by atoms with Crippen LogP contribution < -0.4 is 5.32 Å². The van der Waals surface area contributed by atoms with Crippen LogP contribution in [0.2, 0.25) is 0 Å². The fourth-order valence-electron chi connectivity index (χ4n) is 2.39. The molecule has 0 aliphatic carbocycles. The zero-order chi connectivity index (χ0) is 16.9. The Bertz CT molecular complexity index is 673. The van der Waals surface area contributed by atoms with E-state index in [1.54, 1.807) is 12.1 Å². The van der Waals surface area contributed by atoms with Crippen molar-refractivity contribution in [3.8, 4) is 0 Å². The number of hydrogen-bond donors (Lipinski definition) is 2. The van der Waals surface area contributed by atoms with Crippen LogP contribution in [0.25, 0.3) is 0 Å². The number of carboxylic acids is 1. The van der Waals surface area contributed by atoms with Gasteiger partial charge < -0.3 is 10.4 Å². The van der Waals surface area contributed by atoms with Crippen LogP contribution in [0.1, 0.15) is 18.4 Å². The molecule has 1 aliphatic heterocycles. The molecule has 0 atom stereocenters. The summed E-state index contributed by atoms with van der Waals surface area (Å²) < 4.78 is 22.8. The number of benzene rings is 1. The molecule has 2 N–H and O–H groups in total. The first-order valence-electron chi connectivity index (χ1n) is 7.25. The SMILES string of the molecule is O=C(O)CSCc1cccc(NC(=O)C2CCS(=O)(=O)CC2)c1. The highest BCUT2D eigenvalue weighted by Gasteiger charge is 2.28. The molecule has 1 aromatic rings. The number of carbonyl (C=O) groups is 2. The molecule has 6 nitrogen and oxygen atoms in total. The number of hydrogen-bond acceptors (Lipinski definition) is 5. The number of carboxylic acid groups (broad SMARTS) is 1. The first kappa shape index (κ1) is 17.8. The van der Waals surface area contributed by atoms with Crippen molar-refractivity contribution in [3.05, 3.63) is 29.8 Å². The lowest BCUT2D eigenvalue weighted by atomic mass is 10.0. The molecule has 0 radical (unpaired) electrons. The third-order valence-corrected chi connectivity index (χ3v) is 6.32. The van der Waals surface area contributed by atoms with Gasteiger partial charge in [0.1, 0.15) is 9.84 Å². The normalized spacial score (nSPS) is 17.6. The Balaban J connectivity index is 1.89. The summed E-state index contributed by atoms with van der Waals surface area (Å²) in [6.45, 7) is 0. The van der Waals surface area contributed by atoms with Crippen molar-refractivity contribution in [1.29, 1.82) is 0 Å². The highest BCUT2D eigenvalue weighted by molar-refractivity contribution is 7.99. The third kappa shape index (κ3) is 5.87. The van der Waals surface area contributed by atoms with Crippen LogP contribution in [-0.2, 0) is 25.2 Å². The van der Waals surface area contributed by atoms with Crippen LogP contribution in [0.4, 0.5) is 5.69 Å². The van der Waals surface area contributed by atoms with Crippen molar-refractivity contribution in [1.82, 2.24) is 0 Å². The summed E-state index contributed by atoms with van der Waals surface area (Å²) in [6.07, 6.45) is 0.727. The molecule has 1 aliphatic rings. The van der Waals surface area contributed by atoms with Gasteiger partial charge in [-0.25, -0.2) is 8.42 Å². The molecule has 0 aromatic heterocycles. The van der Waals surface area contributed by atoms with Crippen LogP contribution in [0.15, 0.2) is 24.3 Å². The molecule has 0 unspecified atom stereocenters. The molecule has 0 spiro atoms. The number of aliphatic carboxylic acids is 1. The van der Waals surface area contributed by atoms with E-state index in [4.69, 9.17) is 5.11 Å². The predicted octanol–water partition coefficient (Wildman–Crippen LogP) is 1.77. The fraction of sp³-hybridized carbons (Fsp3) is 0.467. The van der Waals surface area contributed by atoms with Crippen molar-refractivity contribution in [2.45, 2.75) is 18.6 Å². The molecule has 23 heavy (non-hydrogen) atoms. The van der Waals surface area contributed by atoms with Crippen molar-refractivity contribution in [3.63, 3.8) is 0 Å². The minimum atomic E-state index is -2.98. The lowest BCUT2D eigenvalue weighted by Crippen LogP contribution is -2.31. The fourth-order valence-corrected chi connectivity index (χ4v) is 4.57. The van der Waals surface area contributed by atoms with Gasteiger partial charge in [-0.15, -0.1) is 11.8 Å². The average molecular weight is 357 g/mol. The number of carbonyl (C=O) groups excluding carboxylic acids is 1. The van der Waals surface area contributed by atoms with Crippen molar-refractivity contribution in [2.75, 3.05) is 22.6 Å². The highest BCUT2D eigenvalue weighted by atomic mass is 32.2. The van der Waals surface area contributed by atoms with Gasteiger partial charge in [0.2, 0.25) is 5.91 Å². The molecule has 1 aromatic carbocycles. The second-order valence-corrected chi connectivity index (χ2v) is 8.79. The molecular weight excluding hydrogens is 338 g/mol. The number of sulfone groups is 1. The molecule has 0 bridgehead atoms. The quantitative estimate of drug-likeness (QED) is 0.805. The van der Waals surface area contributed by atoms with Gasteiger partial charge in [-0.05, 0) is 30.5 Å². The Kier molecular flexibility index (Phi) is 6.06. The van der Waals surface area contributed by atoms with Gasteiger partial charge in [-0.3, -0.25) is 9.59 Å². The van der Waals surface area contributed by atoms with E-state index in [2.05, 4.69) is 5.32 Å². The monoisotopic (exact) mass is 357 g/mol. The van der Waals surface area contributed by atoms with Gasteiger partial charge >= 0.3 is 5.97 Å². The van der Waals surface area contributed by atoms with Crippen molar-refractivity contribution < 1.29 is 23.1 Å². The zero-order valence-corrected chi connectivity index (χ0v) is 14.2. The maximum Gasteiger partial charge on any atom is 0.313 e. The summed E-state index contributed by atoms with van der Waals surface area (Å²) in [6, 6.07) is 7.25. The molecule has 1 fully saturated rings. The minimum Gasteiger partial charge on any atom is -0.481 e. The van der Waals surface area contributed by atoms with E-state index in [-0.39, 0.29) is 29.1 Å². The minimum absolute atomic E-state index is 0.0349. The molecule has 1 saturated heterocycles. The van der Waals surface area contributed by atoms with Gasteiger partial charge in [-0.2, -0.15) is 0 Å². The molecular formula is C15H19NO5S2. The molecule has 0 saturated carbocycles. The largest absolute Gasteiger partial charge is 0.481 e. The van der Waals surface area contributed by atoms with E-state index in [0.717, 1.165) is 5.56 Å². The van der Waals surface area contributed by atoms with Crippen molar-refractivity contribution in [2.24, 2.45) is 5.92 Å². The van der Waals surface area contributed by atoms with E-state index >= 15 is 0 Å². The standard InChI is InChI=1S/C15H19NO5S2/c17-14(18)10-22-9-11-2-1-3-13(8-11)16-15(19)12-4-6-23(20,21)7-5-12/h1-3,8,12H,4-7,9-10H2,(H,16,19)(H,17,18). The Labute approximate surface area is 139 Å². The lowest BCUT2D eigenvalue weighted by Gasteiger charge is -2.21. The first-order chi connectivity index (χ1) is 10.9. The summed E-state index contributed by atoms with van der Waals surface area (Å²) in [5, 5.41) is 11.4. The van der Waals surface area contributed by atoms with Gasteiger partial charge in [0.25, 0.3) is 0 Å². The molecule has 1 heterocycles. The molecule has 126 valence electrons. The predicted molar refractivity (Wildman–Crippen MR) is 90.2 cm³/mol. The smallest absolute Gasteiger partial charge is 0.313 e. The Morgan fingerprint density at radius 1 is 1.26 bits per heavy atom. The molecule has 8 heteroatoms. The summed E-state index contributed by atoms with van der Waals surface area (Å²) >= 11 is 1.29. The number of rotatable bonds is 6. The topological polar surface area (TPSA) is 101 Å². The van der Waals surface area contributed by atoms with Crippen LogP contribution in [-0.4, -0.2) is 42.7 Å². The Hall–Kier alpha value is -1.54. The molecule has 1 amide bonds. The van der Waals surface area contributed by atoms with E-state index in [1.165, 1.54) is 11.8 Å². The number of thioether (sulfide) groups is 1. The van der Waals surface area contributed by atoms with E-state index < -0.39 is 15.8 Å². The van der Waals surface area contributed by atoms with E-state index in [0.29, 0.717) is 24.3 Å². The zero-order valence-electron chi connectivity index (χ0n) is 12.5. The van der Waals surface area contributed by atoms with Gasteiger partial charge in [-0.1, -0.05) is 12.1 Å². The number of anilines is 1. The highest BCUT2D eigenvalue weighted by Crippen LogP contribution is 2.22. The maximum absolute atomic E-state index is 12.2. The summed E-state index contributed by atoms with van der Waals surface area (Å²) in [7, 11) is -2.98. The second kappa shape index (κ2) is 7.83. The van der Waals surface area contributed by atoms with E-state index in [9.17, 15) is 18.0 Å². The Morgan fingerprint density at radius 3 is 2.61 bits per heavy atom. The van der Waals surface area contributed by atoms with Crippen LogP contribution in [0, 0.1) is 5.92 Å². The van der Waals surface area contributed by atoms with Crippen LogP contribution in [0.5, 0.6) is 0 Å². The summed E-state index contributed by atoms with van der Waals surface area (Å²) in [5.74, 6) is -0.566. The first-order valence-corrected chi connectivity index (χ1v) is 10.2. The van der Waals surface area contributed by atoms with Gasteiger partial charge in [0.05, 0.1) is 17.3 Å². The number of amides is 1. The van der Waals surface area contributed by atoms with E-state index in [1.807, 2.05) is 12.1 Å². The van der Waals surface area contributed by atoms with Crippen molar-refractivity contribution >= 4 is 39.2 Å².